The topological polar surface area (TPSA) is 89.3 Å². The maximum absolute atomic E-state index is 13.4. The number of amides is 1. The molecule has 0 spiro atoms. The third-order valence-electron chi connectivity index (χ3n) is 6.07. The highest BCUT2D eigenvalue weighted by atomic mass is 32.1. The lowest BCUT2D eigenvalue weighted by molar-refractivity contribution is -0.122. The van der Waals surface area contributed by atoms with Crippen LogP contribution in [-0.2, 0) is 24.3 Å². The standard InChI is InChI=1S/C22H23F2N5O3S/c1-2-28-18(17(23)24)27-20-16(21(28)31)26-22(33-20)29-8-3-4-14(29)19(30)25-11-12-5-6-15-13(10-12)7-9-32-15/h5-6,10,14,17H,2-4,7-9,11H2,1H3,(H,25,30)/t14-/m1/s1. The number of thiazole rings is 1. The molecule has 1 fully saturated rings. The molecule has 1 saturated heterocycles. The molecule has 0 radical (unpaired) electrons. The molecule has 1 aromatic carbocycles. The van der Waals surface area contributed by atoms with Crippen LogP contribution in [0.1, 0.15) is 43.1 Å². The number of ether oxygens (including phenoxy) is 1. The molecule has 11 heteroatoms. The van der Waals surface area contributed by atoms with Crippen molar-refractivity contribution < 1.29 is 18.3 Å². The molecule has 33 heavy (non-hydrogen) atoms. The van der Waals surface area contributed by atoms with Crippen LogP contribution in [0.25, 0.3) is 10.3 Å². The van der Waals surface area contributed by atoms with Crippen molar-refractivity contribution in [2.75, 3.05) is 18.1 Å². The minimum absolute atomic E-state index is 0.0627. The maximum atomic E-state index is 13.4. The van der Waals surface area contributed by atoms with Crippen LogP contribution in [0.15, 0.2) is 23.0 Å². The molecule has 1 amide bonds. The Morgan fingerprint density at radius 2 is 2.21 bits per heavy atom. The molecule has 4 heterocycles. The van der Waals surface area contributed by atoms with E-state index in [2.05, 4.69) is 15.3 Å². The fraction of sp³-hybridized carbons (Fsp3) is 0.455. The average Bonchev–Trinajstić information content (AvgIpc) is 3.55. The van der Waals surface area contributed by atoms with Crippen molar-refractivity contribution in [1.82, 2.24) is 19.9 Å². The Kier molecular flexibility index (Phi) is 5.73. The van der Waals surface area contributed by atoms with Gasteiger partial charge in [-0.1, -0.05) is 23.5 Å². The summed E-state index contributed by atoms with van der Waals surface area (Å²) >= 11 is 1.07. The number of aromatic nitrogens is 3. The number of anilines is 1. The molecule has 2 aromatic heterocycles. The van der Waals surface area contributed by atoms with Crippen molar-refractivity contribution in [2.24, 2.45) is 0 Å². The summed E-state index contributed by atoms with van der Waals surface area (Å²) in [6, 6.07) is 5.48. The summed E-state index contributed by atoms with van der Waals surface area (Å²) in [5.41, 5.74) is 1.63. The smallest absolute Gasteiger partial charge is 0.295 e. The van der Waals surface area contributed by atoms with E-state index in [0.29, 0.717) is 31.2 Å². The van der Waals surface area contributed by atoms with Crippen LogP contribution in [-0.4, -0.2) is 39.6 Å². The van der Waals surface area contributed by atoms with E-state index in [-0.39, 0.29) is 22.8 Å². The van der Waals surface area contributed by atoms with E-state index in [1.165, 1.54) is 0 Å². The molecule has 8 nitrogen and oxygen atoms in total. The Balaban J connectivity index is 1.36. The molecule has 0 aliphatic carbocycles. The predicted octanol–water partition coefficient (Wildman–Crippen LogP) is 3.03. The second kappa shape index (κ2) is 8.69. The number of fused-ring (bicyclic) bond motifs is 2. The van der Waals surface area contributed by atoms with Gasteiger partial charge >= 0.3 is 0 Å². The number of hydrogen-bond donors (Lipinski definition) is 1. The normalized spacial score (nSPS) is 17.6. The van der Waals surface area contributed by atoms with Crippen LogP contribution in [0.3, 0.4) is 0 Å². The van der Waals surface area contributed by atoms with Gasteiger partial charge in [-0.25, -0.2) is 18.7 Å². The first-order valence-corrected chi connectivity index (χ1v) is 11.8. The Hall–Kier alpha value is -3.08. The first-order chi connectivity index (χ1) is 16.0. The van der Waals surface area contributed by atoms with E-state index < -0.39 is 23.9 Å². The molecular formula is C22H23F2N5O3S. The summed E-state index contributed by atoms with van der Waals surface area (Å²) in [5.74, 6) is 0.213. The lowest BCUT2D eigenvalue weighted by atomic mass is 10.1. The molecular weight excluding hydrogens is 452 g/mol. The van der Waals surface area contributed by atoms with Gasteiger partial charge in [0.25, 0.3) is 12.0 Å². The molecule has 2 aliphatic rings. The van der Waals surface area contributed by atoms with Crippen molar-refractivity contribution in [3.05, 3.63) is 45.5 Å². The molecule has 0 bridgehead atoms. The van der Waals surface area contributed by atoms with E-state index in [1.807, 2.05) is 23.1 Å². The van der Waals surface area contributed by atoms with Gasteiger partial charge in [0.15, 0.2) is 21.3 Å². The van der Waals surface area contributed by atoms with Gasteiger partial charge < -0.3 is 15.0 Å². The zero-order valence-corrected chi connectivity index (χ0v) is 18.8. The van der Waals surface area contributed by atoms with Crippen LogP contribution in [0.4, 0.5) is 13.9 Å². The second-order valence-corrected chi connectivity index (χ2v) is 9.04. The van der Waals surface area contributed by atoms with Crippen LogP contribution < -0.4 is 20.5 Å². The Morgan fingerprint density at radius 3 is 3.00 bits per heavy atom. The van der Waals surface area contributed by atoms with Crippen molar-refractivity contribution in [3.8, 4) is 5.75 Å². The molecule has 3 aromatic rings. The fourth-order valence-corrected chi connectivity index (χ4v) is 5.45. The lowest BCUT2D eigenvalue weighted by Gasteiger charge is -2.23. The molecule has 0 saturated carbocycles. The number of nitrogens with zero attached hydrogens (tertiary/aromatic N) is 4. The van der Waals surface area contributed by atoms with E-state index in [9.17, 15) is 18.4 Å². The second-order valence-electron chi connectivity index (χ2n) is 8.08. The molecule has 5 rings (SSSR count). The number of rotatable bonds is 6. The van der Waals surface area contributed by atoms with Gasteiger partial charge in [0, 0.05) is 26.1 Å². The van der Waals surface area contributed by atoms with Crippen molar-refractivity contribution in [3.63, 3.8) is 0 Å². The van der Waals surface area contributed by atoms with Crippen molar-refractivity contribution in [2.45, 2.75) is 51.7 Å². The van der Waals surface area contributed by atoms with Gasteiger partial charge in [-0.05, 0) is 37.0 Å². The average molecular weight is 476 g/mol. The van der Waals surface area contributed by atoms with E-state index in [0.717, 1.165) is 45.6 Å². The van der Waals surface area contributed by atoms with Crippen LogP contribution in [0.5, 0.6) is 5.75 Å². The molecule has 174 valence electrons. The number of nitrogens with one attached hydrogen (secondary N) is 1. The van der Waals surface area contributed by atoms with Gasteiger partial charge in [0.05, 0.1) is 6.61 Å². The highest BCUT2D eigenvalue weighted by molar-refractivity contribution is 7.21. The first kappa shape index (κ1) is 21.7. The first-order valence-electron chi connectivity index (χ1n) is 10.9. The fourth-order valence-electron chi connectivity index (χ4n) is 4.43. The van der Waals surface area contributed by atoms with E-state index >= 15 is 0 Å². The maximum Gasteiger partial charge on any atom is 0.295 e. The summed E-state index contributed by atoms with van der Waals surface area (Å²) in [6.07, 6.45) is -0.552. The largest absolute Gasteiger partial charge is 0.493 e. The Morgan fingerprint density at radius 1 is 1.36 bits per heavy atom. The number of benzene rings is 1. The quantitative estimate of drug-likeness (QED) is 0.590. The molecule has 1 N–H and O–H groups in total. The lowest BCUT2D eigenvalue weighted by Crippen LogP contribution is -2.43. The number of halogens is 2. The van der Waals surface area contributed by atoms with Crippen molar-refractivity contribution in [1.29, 1.82) is 0 Å². The zero-order valence-electron chi connectivity index (χ0n) is 18.0. The van der Waals surface area contributed by atoms with E-state index in [1.54, 1.807) is 6.92 Å². The number of carbonyl (C=O) groups is 1. The van der Waals surface area contributed by atoms with Crippen LogP contribution in [0, 0.1) is 0 Å². The van der Waals surface area contributed by atoms with Gasteiger partial charge in [0.1, 0.15) is 11.8 Å². The summed E-state index contributed by atoms with van der Waals surface area (Å²) in [5, 5.41) is 3.45. The van der Waals surface area contributed by atoms with Gasteiger partial charge in [-0.15, -0.1) is 0 Å². The van der Waals surface area contributed by atoms with Crippen molar-refractivity contribution >= 4 is 32.7 Å². The SMILES string of the molecule is CCn1c(C(F)F)nc2sc(N3CCC[C@@H]3C(=O)NCc3ccc4c(c3)CCO4)nc2c1=O. The van der Waals surface area contributed by atoms with Crippen LogP contribution >= 0.6 is 11.3 Å². The molecule has 1 atom stereocenters. The minimum Gasteiger partial charge on any atom is -0.493 e. The number of carbonyl (C=O) groups excluding carboxylic acids is 1. The number of alkyl halides is 2. The predicted molar refractivity (Wildman–Crippen MR) is 120 cm³/mol. The third kappa shape index (κ3) is 3.94. The van der Waals surface area contributed by atoms with Crippen LogP contribution in [0.2, 0.25) is 0 Å². The Labute approximate surface area is 192 Å². The highest BCUT2D eigenvalue weighted by Crippen LogP contribution is 2.32. The minimum atomic E-state index is -2.86. The third-order valence-corrected chi connectivity index (χ3v) is 7.06. The van der Waals surface area contributed by atoms with Gasteiger partial charge in [-0.2, -0.15) is 0 Å². The van der Waals surface area contributed by atoms with Gasteiger partial charge in [0.2, 0.25) is 5.91 Å². The summed E-state index contributed by atoms with van der Waals surface area (Å²) in [6.45, 7) is 3.37. The zero-order chi connectivity index (χ0) is 23.1. The van der Waals surface area contributed by atoms with Gasteiger partial charge in [-0.3, -0.25) is 14.2 Å². The highest BCUT2D eigenvalue weighted by Gasteiger charge is 2.33. The molecule has 0 unspecified atom stereocenters. The summed E-state index contributed by atoms with van der Waals surface area (Å²) in [7, 11) is 0. The number of hydrogen-bond acceptors (Lipinski definition) is 7. The Bertz CT molecular complexity index is 1270. The van der Waals surface area contributed by atoms with E-state index in [4.69, 9.17) is 4.74 Å². The summed E-state index contributed by atoms with van der Waals surface area (Å²) < 4.78 is 33.2. The molecule has 2 aliphatic heterocycles. The monoisotopic (exact) mass is 475 g/mol. The summed E-state index contributed by atoms with van der Waals surface area (Å²) in [4.78, 5) is 36.1.